The van der Waals surface area contributed by atoms with Crippen molar-refractivity contribution >= 4 is 0 Å². The van der Waals surface area contributed by atoms with Gasteiger partial charge in [-0.05, 0) is 23.1 Å². The predicted octanol–water partition coefficient (Wildman–Crippen LogP) is 1.95. The summed E-state index contributed by atoms with van der Waals surface area (Å²) in [4.78, 5) is 2.73. The third-order valence-corrected chi connectivity index (χ3v) is 2.34. The van der Waals surface area contributed by atoms with Gasteiger partial charge in [0.05, 0.1) is 12.1 Å². The first kappa shape index (κ1) is 8.10. The zero-order valence-corrected chi connectivity index (χ0v) is 6.96. The van der Waals surface area contributed by atoms with Crippen LogP contribution in [0.4, 0.5) is 0 Å². The number of nitrogens with zero attached hydrogens (tertiary/aromatic N) is 3. The van der Waals surface area contributed by atoms with Crippen LogP contribution in [-0.2, 0) is 6.42 Å². The average Bonchev–Trinajstić information content (AvgIpc) is 2.44. The van der Waals surface area contributed by atoms with Gasteiger partial charge in [-0.3, -0.25) is 0 Å². The largest absolute Gasteiger partial charge is 0.392 e. The first-order valence-electron chi connectivity index (χ1n) is 4.13. The molecule has 1 aliphatic carbocycles. The van der Waals surface area contributed by atoms with E-state index in [1.165, 1.54) is 0 Å². The quantitative estimate of drug-likeness (QED) is 0.395. The molecule has 4 nitrogen and oxygen atoms in total. The molecule has 0 bridgehead atoms. The first-order valence-corrected chi connectivity index (χ1v) is 4.13. The molecule has 0 saturated heterocycles. The van der Waals surface area contributed by atoms with Crippen LogP contribution in [0, 0.1) is 0 Å². The smallest absolute Gasteiger partial charge is 0.0890 e. The molecule has 13 heavy (non-hydrogen) atoms. The van der Waals surface area contributed by atoms with Gasteiger partial charge in [0.15, 0.2) is 0 Å². The molecule has 1 aromatic carbocycles. The van der Waals surface area contributed by atoms with Gasteiger partial charge < -0.3 is 5.11 Å². The van der Waals surface area contributed by atoms with E-state index in [0.29, 0.717) is 6.42 Å². The molecule has 1 N–H and O–H groups in total. The molecule has 0 fully saturated rings. The summed E-state index contributed by atoms with van der Waals surface area (Å²) < 4.78 is 0. The van der Waals surface area contributed by atoms with Crippen molar-refractivity contribution in [2.45, 2.75) is 18.6 Å². The van der Waals surface area contributed by atoms with Crippen molar-refractivity contribution in [1.29, 1.82) is 0 Å². The molecular formula is C9H9N3O. The molecule has 0 heterocycles. The van der Waals surface area contributed by atoms with Gasteiger partial charge >= 0.3 is 0 Å². The summed E-state index contributed by atoms with van der Waals surface area (Å²) >= 11 is 0. The Kier molecular flexibility index (Phi) is 1.93. The highest BCUT2D eigenvalue weighted by atomic mass is 16.3. The molecule has 66 valence electrons. The minimum atomic E-state index is -0.562. The van der Waals surface area contributed by atoms with Crippen LogP contribution in [-0.4, -0.2) is 11.2 Å². The Balaban J connectivity index is 2.46. The molecule has 4 heteroatoms. The second-order valence-corrected chi connectivity index (χ2v) is 3.12. The van der Waals surface area contributed by atoms with Gasteiger partial charge in [-0.15, -0.1) is 0 Å². The average molecular weight is 175 g/mol. The third kappa shape index (κ3) is 1.26. The minimum absolute atomic E-state index is 0.402. The SMILES string of the molecule is [N-]=[N+]=N[C@H]1c2ccccc2C[C@H]1O. The van der Waals surface area contributed by atoms with E-state index in [1.54, 1.807) is 0 Å². The van der Waals surface area contributed by atoms with Crippen molar-refractivity contribution in [3.63, 3.8) is 0 Å². The molecule has 0 spiro atoms. The lowest BCUT2D eigenvalue weighted by molar-refractivity contribution is 0.158. The van der Waals surface area contributed by atoms with Gasteiger partial charge in [0.25, 0.3) is 0 Å². The molecule has 0 unspecified atom stereocenters. The molecular weight excluding hydrogens is 166 g/mol. The van der Waals surface area contributed by atoms with Crippen LogP contribution in [0.25, 0.3) is 10.4 Å². The van der Waals surface area contributed by atoms with Gasteiger partial charge in [0.2, 0.25) is 0 Å². The molecule has 2 atom stereocenters. The number of rotatable bonds is 1. The maximum Gasteiger partial charge on any atom is 0.0890 e. The van der Waals surface area contributed by atoms with Crippen LogP contribution in [0.2, 0.25) is 0 Å². The summed E-state index contributed by atoms with van der Waals surface area (Å²) in [5, 5.41) is 13.2. The Morgan fingerprint density at radius 1 is 1.46 bits per heavy atom. The van der Waals surface area contributed by atoms with E-state index in [-0.39, 0.29) is 0 Å². The van der Waals surface area contributed by atoms with Gasteiger partial charge in [-0.2, -0.15) is 0 Å². The lowest BCUT2D eigenvalue weighted by Crippen LogP contribution is -2.10. The van der Waals surface area contributed by atoms with E-state index < -0.39 is 12.1 Å². The summed E-state index contributed by atoms with van der Waals surface area (Å²) in [7, 11) is 0. The number of azide groups is 1. The summed E-state index contributed by atoms with van der Waals surface area (Å²) in [6.07, 6.45) is 0.0214. The predicted molar refractivity (Wildman–Crippen MR) is 48.0 cm³/mol. The van der Waals surface area contributed by atoms with Crippen LogP contribution in [0.5, 0.6) is 0 Å². The zero-order chi connectivity index (χ0) is 9.26. The normalized spacial score (nSPS) is 25.0. The second kappa shape index (κ2) is 3.09. The number of benzene rings is 1. The van der Waals surface area contributed by atoms with E-state index in [9.17, 15) is 5.11 Å². The van der Waals surface area contributed by atoms with E-state index in [0.717, 1.165) is 11.1 Å². The fourth-order valence-electron chi connectivity index (χ4n) is 1.75. The molecule has 0 saturated carbocycles. The summed E-state index contributed by atoms with van der Waals surface area (Å²) in [5.74, 6) is 0. The van der Waals surface area contributed by atoms with Gasteiger partial charge in [0.1, 0.15) is 0 Å². The van der Waals surface area contributed by atoms with Crippen LogP contribution in [0.3, 0.4) is 0 Å². The topological polar surface area (TPSA) is 69.0 Å². The Hall–Kier alpha value is -1.51. The fourth-order valence-corrected chi connectivity index (χ4v) is 1.75. The number of aliphatic hydroxyl groups is 1. The van der Waals surface area contributed by atoms with E-state index in [1.807, 2.05) is 24.3 Å². The maximum atomic E-state index is 9.58. The molecule has 0 aromatic heterocycles. The molecule has 2 rings (SSSR count). The van der Waals surface area contributed by atoms with Crippen molar-refractivity contribution in [2.24, 2.45) is 5.11 Å². The molecule has 1 aromatic rings. The number of aliphatic hydroxyl groups excluding tert-OH is 1. The highest BCUT2D eigenvalue weighted by Gasteiger charge is 2.29. The van der Waals surface area contributed by atoms with Crippen molar-refractivity contribution in [3.8, 4) is 0 Å². The summed E-state index contributed by atoms with van der Waals surface area (Å²) in [5.41, 5.74) is 10.3. The number of hydrogen-bond donors (Lipinski definition) is 1. The van der Waals surface area contributed by atoms with E-state index in [4.69, 9.17) is 5.53 Å². The highest BCUT2D eigenvalue weighted by Crippen LogP contribution is 2.34. The lowest BCUT2D eigenvalue weighted by Gasteiger charge is -2.07. The third-order valence-electron chi connectivity index (χ3n) is 2.34. The van der Waals surface area contributed by atoms with Crippen molar-refractivity contribution in [1.82, 2.24) is 0 Å². The Morgan fingerprint density at radius 3 is 3.00 bits per heavy atom. The number of fused-ring (bicyclic) bond motifs is 1. The Morgan fingerprint density at radius 2 is 2.23 bits per heavy atom. The van der Waals surface area contributed by atoms with E-state index in [2.05, 4.69) is 10.0 Å². The first-order chi connectivity index (χ1) is 6.33. The van der Waals surface area contributed by atoms with Crippen LogP contribution >= 0.6 is 0 Å². The highest BCUT2D eigenvalue weighted by molar-refractivity contribution is 5.36. The van der Waals surface area contributed by atoms with Crippen molar-refractivity contribution in [2.75, 3.05) is 0 Å². The minimum Gasteiger partial charge on any atom is -0.392 e. The van der Waals surface area contributed by atoms with Crippen molar-refractivity contribution < 1.29 is 5.11 Å². The maximum absolute atomic E-state index is 9.58. The van der Waals surface area contributed by atoms with Gasteiger partial charge in [-0.1, -0.05) is 29.4 Å². The monoisotopic (exact) mass is 175 g/mol. The molecule has 0 aliphatic heterocycles. The van der Waals surface area contributed by atoms with Crippen LogP contribution in [0.15, 0.2) is 29.4 Å². The molecule has 0 radical (unpaired) electrons. The molecule has 1 aliphatic rings. The zero-order valence-electron chi connectivity index (χ0n) is 6.96. The van der Waals surface area contributed by atoms with Gasteiger partial charge in [0, 0.05) is 4.91 Å². The van der Waals surface area contributed by atoms with Gasteiger partial charge in [-0.25, -0.2) is 0 Å². The lowest BCUT2D eigenvalue weighted by atomic mass is 10.1. The Labute approximate surface area is 75.4 Å². The summed E-state index contributed by atoms with van der Waals surface area (Å²) in [6, 6.07) is 7.25. The molecule has 0 amide bonds. The number of hydrogen-bond acceptors (Lipinski definition) is 2. The second-order valence-electron chi connectivity index (χ2n) is 3.12. The fraction of sp³-hybridized carbons (Fsp3) is 0.333. The van der Waals surface area contributed by atoms with Crippen LogP contribution in [0.1, 0.15) is 17.2 Å². The Bertz CT molecular complexity index is 371. The van der Waals surface area contributed by atoms with Crippen LogP contribution < -0.4 is 0 Å². The standard InChI is InChI=1S/C9H9N3O/c10-12-11-9-7-4-2-1-3-6(7)5-8(9)13/h1-4,8-9,13H,5H2/t8-,9+/m1/s1. The summed E-state index contributed by atoms with van der Waals surface area (Å²) in [6.45, 7) is 0. The van der Waals surface area contributed by atoms with Crippen molar-refractivity contribution in [3.05, 3.63) is 45.8 Å². The van der Waals surface area contributed by atoms with E-state index >= 15 is 0 Å².